The van der Waals surface area contributed by atoms with Crippen molar-refractivity contribution in [2.45, 2.75) is 51.2 Å². The van der Waals surface area contributed by atoms with Crippen molar-refractivity contribution in [1.29, 1.82) is 0 Å². The van der Waals surface area contributed by atoms with E-state index in [-0.39, 0.29) is 24.0 Å². The van der Waals surface area contributed by atoms with Crippen LogP contribution in [-0.4, -0.2) is 47.7 Å². The molecule has 2 heterocycles. The van der Waals surface area contributed by atoms with Crippen molar-refractivity contribution in [3.8, 4) is 0 Å². The zero-order valence-electron chi connectivity index (χ0n) is 10.7. The van der Waals surface area contributed by atoms with Crippen molar-refractivity contribution < 1.29 is 9.90 Å². The number of rotatable bonds is 2. The Balaban J connectivity index is 1.90. The van der Waals surface area contributed by atoms with E-state index in [2.05, 4.69) is 12.2 Å². The van der Waals surface area contributed by atoms with Gasteiger partial charge in [-0.15, -0.1) is 0 Å². The van der Waals surface area contributed by atoms with E-state index in [4.69, 9.17) is 0 Å². The molecular formula is C13H24N2O2. The van der Waals surface area contributed by atoms with Gasteiger partial charge in [-0.2, -0.15) is 0 Å². The molecule has 2 saturated heterocycles. The van der Waals surface area contributed by atoms with Crippen LogP contribution in [-0.2, 0) is 4.79 Å². The lowest BCUT2D eigenvalue weighted by Crippen LogP contribution is -2.53. The van der Waals surface area contributed by atoms with Gasteiger partial charge in [0.25, 0.3) is 0 Å². The van der Waals surface area contributed by atoms with E-state index in [0.29, 0.717) is 6.54 Å². The lowest BCUT2D eigenvalue weighted by Gasteiger charge is -2.38. The van der Waals surface area contributed by atoms with Gasteiger partial charge in [0.15, 0.2) is 0 Å². The van der Waals surface area contributed by atoms with Crippen LogP contribution in [0.15, 0.2) is 0 Å². The molecule has 4 heteroatoms. The quantitative estimate of drug-likeness (QED) is 0.749. The van der Waals surface area contributed by atoms with E-state index in [1.54, 1.807) is 0 Å². The van der Waals surface area contributed by atoms with Crippen molar-refractivity contribution in [3.63, 3.8) is 0 Å². The second kappa shape index (κ2) is 5.83. The number of nitrogens with zero attached hydrogens (tertiary/aromatic N) is 1. The van der Waals surface area contributed by atoms with Gasteiger partial charge in [-0.1, -0.05) is 13.3 Å². The summed E-state index contributed by atoms with van der Waals surface area (Å²) in [4.78, 5) is 14.3. The van der Waals surface area contributed by atoms with Crippen LogP contribution in [0.25, 0.3) is 0 Å². The summed E-state index contributed by atoms with van der Waals surface area (Å²) in [5, 5.41) is 13.1. The van der Waals surface area contributed by atoms with E-state index in [1.807, 2.05) is 4.90 Å². The van der Waals surface area contributed by atoms with E-state index in [0.717, 1.165) is 38.8 Å². The zero-order chi connectivity index (χ0) is 12.3. The first-order valence-corrected chi connectivity index (χ1v) is 6.92. The monoisotopic (exact) mass is 240 g/mol. The highest BCUT2D eigenvalue weighted by atomic mass is 16.3. The van der Waals surface area contributed by atoms with Crippen LogP contribution in [0.2, 0.25) is 0 Å². The number of hydrogen-bond acceptors (Lipinski definition) is 3. The van der Waals surface area contributed by atoms with E-state index < -0.39 is 0 Å². The molecule has 2 aliphatic heterocycles. The maximum Gasteiger partial charge on any atom is 0.239 e. The van der Waals surface area contributed by atoms with E-state index in [9.17, 15) is 9.90 Å². The molecule has 0 aromatic heterocycles. The highest BCUT2D eigenvalue weighted by molar-refractivity contribution is 5.82. The largest absolute Gasteiger partial charge is 0.393 e. The molecule has 0 aromatic carbocycles. The highest BCUT2D eigenvalue weighted by Gasteiger charge is 2.32. The predicted octanol–water partition coefficient (Wildman–Crippen LogP) is 0.748. The third-order valence-corrected chi connectivity index (χ3v) is 4.14. The van der Waals surface area contributed by atoms with Gasteiger partial charge in [0.1, 0.15) is 0 Å². The topological polar surface area (TPSA) is 52.6 Å². The first kappa shape index (κ1) is 12.8. The predicted molar refractivity (Wildman–Crippen MR) is 66.6 cm³/mol. The van der Waals surface area contributed by atoms with Crippen LogP contribution in [0.3, 0.4) is 0 Å². The Morgan fingerprint density at radius 3 is 2.88 bits per heavy atom. The van der Waals surface area contributed by atoms with Gasteiger partial charge in [-0.25, -0.2) is 0 Å². The van der Waals surface area contributed by atoms with Crippen molar-refractivity contribution in [3.05, 3.63) is 0 Å². The first-order chi connectivity index (χ1) is 8.22. The Labute approximate surface area is 103 Å². The molecule has 2 aliphatic rings. The number of aliphatic hydroxyl groups excluding tert-OH is 1. The molecule has 0 bridgehead atoms. The molecule has 2 rings (SSSR count). The van der Waals surface area contributed by atoms with Crippen molar-refractivity contribution in [1.82, 2.24) is 10.2 Å². The summed E-state index contributed by atoms with van der Waals surface area (Å²) in [6.07, 6.45) is 4.76. The number of nitrogens with one attached hydrogen (secondary N) is 1. The summed E-state index contributed by atoms with van der Waals surface area (Å²) in [6, 6.07) is 0.0245. The third kappa shape index (κ3) is 2.99. The lowest BCUT2D eigenvalue weighted by molar-refractivity contribution is -0.137. The van der Waals surface area contributed by atoms with Crippen LogP contribution in [0, 0.1) is 5.92 Å². The Hall–Kier alpha value is -0.610. The summed E-state index contributed by atoms with van der Waals surface area (Å²) in [5.74, 6) is 0.506. The Kier molecular flexibility index (Phi) is 4.40. The minimum Gasteiger partial charge on any atom is -0.393 e. The van der Waals surface area contributed by atoms with Crippen LogP contribution in [0.1, 0.15) is 39.0 Å². The second-order valence-corrected chi connectivity index (χ2v) is 5.31. The number of amides is 1. The van der Waals surface area contributed by atoms with E-state index in [1.165, 1.54) is 6.42 Å². The number of carbonyl (C=O) groups is 1. The number of likely N-dealkylation sites (tertiary alicyclic amines) is 1. The molecule has 0 aliphatic carbocycles. The normalized spacial score (nSPS) is 34.7. The summed E-state index contributed by atoms with van der Waals surface area (Å²) in [6.45, 7) is 4.49. The Morgan fingerprint density at radius 1 is 1.41 bits per heavy atom. The lowest BCUT2D eigenvalue weighted by atomic mass is 9.91. The van der Waals surface area contributed by atoms with Crippen molar-refractivity contribution in [2.24, 2.45) is 5.92 Å². The molecular weight excluding hydrogens is 216 g/mol. The SMILES string of the molecule is CC[C@@H]1CN(C(=O)[C@@H]2CCCCN2)CC[C@H]1O. The zero-order valence-corrected chi connectivity index (χ0v) is 10.7. The van der Waals surface area contributed by atoms with Crippen LogP contribution >= 0.6 is 0 Å². The minimum absolute atomic E-state index is 0.0245. The molecule has 0 radical (unpaired) electrons. The van der Waals surface area contributed by atoms with E-state index >= 15 is 0 Å². The molecule has 4 nitrogen and oxygen atoms in total. The standard InChI is InChI=1S/C13H24N2O2/c1-2-10-9-15(8-6-12(10)16)13(17)11-5-3-4-7-14-11/h10-12,14,16H,2-9H2,1H3/t10-,11+,12-/m1/s1. The number of aliphatic hydroxyl groups is 1. The van der Waals surface area contributed by atoms with Gasteiger partial charge < -0.3 is 15.3 Å². The molecule has 1 amide bonds. The summed E-state index contributed by atoms with van der Waals surface area (Å²) in [7, 11) is 0. The molecule has 98 valence electrons. The maximum absolute atomic E-state index is 12.3. The Morgan fingerprint density at radius 2 is 2.24 bits per heavy atom. The summed E-state index contributed by atoms with van der Waals surface area (Å²) >= 11 is 0. The molecule has 0 aromatic rings. The van der Waals surface area contributed by atoms with Crippen LogP contribution < -0.4 is 5.32 Å². The summed E-state index contributed by atoms with van der Waals surface area (Å²) in [5.41, 5.74) is 0. The fraction of sp³-hybridized carbons (Fsp3) is 0.923. The number of hydrogen-bond donors (Lipinski definition) is 2. The second-order valence-electron chi connectivity index (χ2n) is 5.31. The van der Waals surface area contributed by atoms with Gasteiger partial charge in [0, 0.05) is 19.0 Å². The third-order valence-electron chi connectivity index (χ3n) is 4.14. The molecule has 2 fully saturated rings. The fourth-order valence-corrected chi connectivity index (χ4v) is 2.90. The molecule has 0 spiro atoms. The average Bonchev–Trinajstić information content (AvgIpc) is 2.39. The molecule has 2 N–H and O–H groups in total. The van der Waals surface area contributed by atoms with Gasteiger partial charge in [0.2, 0.25) is 5.91 Å². The summed E-state index contributed by atoms with van der Waals surface area (Å²) < 4.78 is 0. The average molecular weight is 240 g/mol. The van der Waals surface area contributed by atoms with Gasteiger partial charge in [-0.05, 0) is 32.2 Å². The minimum atomic E-state index is -0.219. The molecule has 3 atom stereocenters. The number of carbonyl (C=O) groups excluding carboxylic acids is 1. The smallest absolute Gasteiger partial charge is 0.239 e. The molecule has 0 unspecified atom stereocenters. The molecule has 0 saturated carbocycles. The van der Waals surface area contributed by atoms with Gasteiger partial charge in [-0.3, -0.25) is 4.79 Å². The first-order valence-electron chi connectivity index (χ1n) is 6.92. The maximum atomic E-state index is 12.3. The van der Waals surface area contributed by atoms with Crippen molar-refractivity contribution >= 4 is 5.91 Å². The van der Waals surface area contributed by atoms with Crippen LogP contribution in [0.5, 0.6) is 0 Å². The van der Waals surface area contributed by atoms with Crippen molar-refractivity contribution in [2.75, 3.05) is 19.6 Å². The van der Waals surface area contributed by atoms with Gasteiger partial charge in [0.05, 0.1) is 12.1 Å². The number of piperidine rings is 2. The van der Waals surface area contributed by atoms with Crippen LogP contribution in [0.4, 0.5) is 0 Å². The molecule has 17 heavy (non-hydrogen) atoms. The fourth-order valence-electron chi connectivity index (χ4n) is 2.90. The van der Waals surface area contributed by atoms with Gasteiger partial charge >= 0.3 is 0 Å². The highest BCUT2D eigenvalue weighted by Crippen LogP contribution is 2.21. The Bertz CT molecular complexity index is 264.